The standard InChI is InChI=1S/C57H55NO/c1-53(2)25-26-54(3,4)52-43(53)20-14-21-46(52)58(37-23-24-39-38-17-10-11-18-41(38)55(5,6)44(39)30-37)47-32-49-45(31-40(47)35-15-8-7-9-16-35)57(42-19-12-13-22-48(42)59-49)50-28-34-27-36-29-51(57)56(36,50)33-34/h7-24,30-32,34,36,50-51H,25-29,33H2,1-6H3. The maximum atomic E-state index is 7.26. The van der Waals surface area contributed by atoms with Crippen LogP contribution in [0.25, 0.3) is 22.3 Å². The average Bonchev–Trinajstić information content (AvgIpc) is 3.85. The number of para-hydroxylation sites is 1. The predicted octanol–water partition coefficient (Wildman–Crippen LogP) is 14.9. The van der Waals surface area contributed by atoms with Crippen molar-refractivity contribution in [3.05, 3.63) is 161 Å². The van der Waals surface area contributed by atoms with Crippen LogP contribution in [0.2, 0.25) is 0 Å². The summed E-state index contributed by atoms with van der Waals surface area (Å²) in [6.45, 7) is 14.7. The first kappa shape index (κ1) is 34.8. The largest absolute Gasteiger partial charge is 0.457 e. The summed E-state index contributed by atoms with van der Waals surface area (Å²) in [7, 11) is 0. The fraction of sp³-hybridized carbons (Fsp3) is 0.368. The third-order valence-electron chi connectivity index (χ3n) is 17.8. The van der Waals surface area contributed by atoms with Gasteiger partial charge in [0.25, 0.3) is 0 Å². The Labute approximate surface area is 350 Å². The molecule has 4 fully saturated rings. The lowest BCUT2D eigenvalue weighted by atomic mass is 9.26. The van der Waals surface area contributed by atoms with Gasteiger partial charge in [-0.15, -0.1) is 0 Å². The number of hydrogen-bond donors (Lipinski definition) is 0. The molecule has 2 nitrogen and oxygen atoms in total. The van der Waals surface area contributed by atoms with E-state index in [9.17, 15) is 0 Å². The Bertz CT molecular complexity index is 2790. The number of rotatable bonds is 4. The van der Waals surface area contributed by atoms with Crippen LogP contribution in [0.1, 0.15) is 113 Å². The van der Waals surface area contributed by atoms with Crippen LogP contribution in [0.3, 0.4) is 0 Å². The molecule has 6 unspecified atom stereocenters. The Hall–Kier alpha value is -5.08. The minimum Gasteiger partial charge on any atom is -0.457 e. The second-order valence-corrected chi connectivity index (χ2v) is 21.6. The molecule has 0 saturated heterocycles. The van der Waals surface area contributed by atoms with Crippen molar-refractivity contribution >= 4 is 17.1 Å². The first-order valence-corrected chi connectivity index (χ1v) is 22.6. The average molecular weight is 770 g/mol. The summed E-state index contributed by atoms with van der Waals surface area (Å²) in [5.74, 6) is 5.33. The van der Waals surface area contributed by atoms with E-state index in [1.807, 2.05) is 0 Å². The summed E-state index contributed by atoms with van der Waals surface area (Å²) in [6.07, 6.45) is 7.97. The van der Waals surface area contributed by atoms with Gasteiger partial charge in [-0.2, -0.15) is 0 Å². The predicted molar refractivity (Wildman–Crippen MR) is 242 cm³/mol. The van der Waals surface area contributed by atoms with Crippen LogP contribution in [0.4, 0.5) is 17.1 Å². The SMILES string of the molecule is CC1(C)CCC(C)(C)c2c(N(c3ccc4c(c3)C(C)(C)c3ccccc3-4)c3cc4c(cc3-c3ccccc3)C3(c5ccccc5O4)C4CC5CC6CC3C64C5)cccc21. The third kappa shape index (κ3) is 4.15. The molecule has 6 aromatic rings. The van der Waals surface area contributed by atoms with Gasteiger partial charge in [0.05, 0.1) is 11.4 Å². The van der Waals surface area contributed by atoms with Gasteiger partial charge in [0.2, 0.25) is 0 Å². The van der Waals surface area contributed by atoms with E-state index in [4.69, 9.17) is 4.74 Å². The second kappa shape index (κ2) is 11.2. The second-order valence-electron chi connectivity index (χ2n) is 21.6. The molecule has 2 heteroatoms. The highest BCUT2D eigenvalue weighted by Gasteiger charge is 2.84. The van der Waals surface area contributed by atoms with E-state index >= 15 is 0 Å². The number of benzene rings is 6. The van der Waals surface area contributed by atoms with Gasteiger partial charge in [-0.1, -0.05) is 133 Å². The molecule has 2 spiro atoms. The molecule has 13 rings (SSSR count). The Morgan fingerprint density at radius 3 is 2.07 bits per heavy atom. The van der Waals surface area contributed by atoms with E-state index in [2.05, 4.69) is 174 Å². The van der Waals surface area contributed by atoms with Crippen LogP contribution >= 0.6 is 0 Å². The minimum absolute atomic E-state index is 0.00400. The van der Waals surface area contributed by atoms with Gasteiger partial charge in [0.1, 0.15) is 11.5 Å². The van der Waals surface area contributed by atoms with E-state index in [0.29, 0.717) is 17.3 Å². The molecule has 4 saturated carbocycles. The van der Waals surface area contributed by atoms with E-state index in [1.165, 1.54) is 105 Å². The highest BCUT2D eigenvalue weighted by molar-refractivity contribution is 5.93. The molecule has 0 amide bonds. The van der Waals surface area contributed by atoms with Crippen LogP contribution in [-0.2, 0) is 21.7 Å². The number of hydrogen-bond acceptors (Lipinski definition) is 2. The zero-order chi connectivity index (χ0) is 39.8. The zero-order valence-electron chi connectivity index (χ0n) is 35.5. The van der Waals surface area contributed by atoms with Gasteiger partial charge in [0, 0.05) is 39.3 Å². The molecule has 6 atom stereocenters. The molecule has 1 aliphatic heterocycles. The summed E-state index contributed by atoms with van der Waals surface area (Å²) in [4.78, 5) is 2.65. The number of fused-ring (bicyclic) bond motifs is 11. The van der Waals surface area contributed by atoms with Crippen LogP contribution in [0, 0.1) is 29.1 Å². The first-order valence-electron chi connectivity index (χ1n) is 22.6. The van der Waals surface area contributed by atoms with Crippen molar-refractivity contribution in [1.29, 1.82) is 0 Å². The van der Waals surface area contributed by atoms with E-state index in [0.717, 1.165) is 29.8 Å². The summed E-state index contributed by atoms with van der Waals surface area (Å²) in [5.41, 5.74) is 18.1. The Morgan fingerprint density at radius 2 is 1.24 bits per heavy atom. The third-order valence-corrected chi connectivity index (χ3v) is 17.8. The van der Waals surface area contributed by atoms with Crippen molar-refractivity contribution in [3.8, 4) is 33.8 Å². The van der Waals surface area contributed by atoms with Gasteiger partial charge < -0.3 is 9.64 Å². The Balaban J connectivity index is 1.11. The molecule has 294 valence electrons. The molecule has 6 aromatic carbocycles. The van der Waals surface area contributed by atoms with E-state index < -0.39 is 0 Å². The van der Waals surface area contributed by atoms with Crippen LogP contribution < -0.4 is 9.64 Å². The topological polar surface area (TPSA) is 12.5 Å². The van der Waals surface area contributed by atoms with Gasteiger partial charge >= 0.3 is 0 Å². The smallest absolute Gasteiger partial charge is 0.133 e. The van der Waals surface area contributed by atoms with Gasteiger partial charge in [-0.05, 0) is 148 Å². The molecular formula is C57H55NO. The highest BCUT2D eigenvalue weighted by Crippen LogP contribution is 2.89. The Kier molecular flexibility index (Phi) is 6.59. The van der Waals surface area contributed by atoms with Crippen molar-refractivity contribution in [1.82, 2.24) is 0 Å². The highest BCUT2D eigenvalue weighted by atomic mass is 16.5. The molecule has 0 aromatic heterocycles. The van der Waals surface area contributed by atoms with Crippen molar-refractivity contribution in [3.63, 3.8) is 0 Å². The number of nitrogens with zero attached hydrogens (tertiary/aromatic N) is 1. The molecule has 1 heterocycles. The summed E-state index contributed by atoms with van der Waals surface area (Å²) in [5, 5.41) is 0. The summed E-state index contributed by atoms with van der Waals surface area (Å²) >= 11 is 0. The Morgan fingerprint density at radius 1 is 0.525 bits per heavy atom. The van der Waals surface area contributed by atoms with E-state index in [1.54, 1.807) is 0 Å². The number of anilines is 3. The lowest BCUT2D eigenvalue weighted by molar-refractivity contribution is -0.235. The zero-order valence-corrected chi connectivity index (χ0v) is 35.5. The summed E-state index contributed by atoms with van der Waals surface area (Å²) < 4.78 is 7.26. The van der Waals surface area contributed by atoms with Crippen molar-refractivity contribution in [2.24, 2.45) is 29.1 Å². The van der Waals surface area contributed by atoms with Crippen LogP contribution in [-0.4, -0.2) is 0 Å². The van der Waals surface area contributed by atoms with Gasteiger partial charge in [-0.25, -0.2) is 0 Å². The fourth-order valence-corrected chi connectivity index (χ4v) is 15.3. The molecule has 0 N–H and O–H groups in total. The van der Waals surface area contributed by atoms with Crippen molar-refractivity contribution in [2.45, 2.75) is 102 Å². The minimum atomic E-state index is -0.121. The molecule has 6 aliphatic carbocycles. The molecular weight excluding hydrogens is 715 g/mol. The molecule has 7 aliphatic rings. The number of ether oxygens (including phenoxy) is 1. The van der Waals surface area contributed by atoms with Gasteiger partial charge in [-0.3, -0.25) is 0 Å². The summed E-state index contributed by atoms with van der Waals surface area (Å²) in [6, 6.07) is 49.1. The fourth-order valence-electron chi connectivity index (χ4n) is 15.3. The lowest BCUT2D eigenvalue weighted by Gasteiger charge is -2.77. The first-order chi connectivity index (χ1) is 28.4. The monoisotopic (exact) mass is 769 g/mol. The lowest BCUT2D eigenvalue weighted by Crippen LogP contribution is -2.74. The molecule has 2 bridgehead atoms. The van der Waals surface area contributed by atoms with Crippen LogP contribution in [0.5, 0.6) is 11.5 Å². The maximum absolute atomic E-state index is 7.26. The molecule has 0 radical (unpaired) electrons. The van der Waals surface area contributed by atoms with Crippen molar-refractivity contribution < 1.29 is 4.74 Å². The quantitative estimate of drug-likeness (QED) is 0.177. The van der Waals surface area contributed by atoms with Crippen LogP contribution in [0.15, 0.2) is 127 Å². The normalized spacial score (nSPS) is 29.5. The van der Waals surface area contributed by atoms with E-state index in [-0.39, 0.29) is 21.7 Å². The maximum Gasteiger partial charge on any atom is 0.133 e. The van der Waals surface area contributed by atoms with Crippen molar-refractivity contribution in [2.75, 3.05) is 4.90 Å². The molecule has 59 heavy (non-hydrogen) atoms. The van der Waals surface area contributed by atoms with Gasteiger partial charge in [0.15, 0.2) is 0 Å².